The molecule has 0 rings (SSSR count). The molecule has 0 aromatic carbocycles. The highest BCUT2D eigenvalue weighted by Crippen LogP contribution is 2.06. The first-order chi connectivity index (χ1) is 8.70. The molecule has 104 valence electrons. The van der Waals surface area contributed by atoms with Crippen molar-refractivity contribution in [2.45, 2.75) is 51.5 Å². The first-order valence-electron chi connectivity index (χ1n) is 6.63. The molecule has 0 fully saturated rings. The number of ether oxygens (including phenoxy) is 1. The summed E-state index contributed by atoms with van der Waals surface area (Å²) in [5.41, 5.74) is 0. The van der Waals surface area contributed by atoms with Crippen LogP contribution in [0.2, 0.25) is 6.04 Å². The molecule has 0 saturated carbocycles. The van der Waals surface area contributed by atoms with Crippen LogP contribution in [0.5, 0.6) is 0 Å². The van der Waals surface area contributed by atoms with Gasteiger partial charge in [0.1, 0.15) is 0 Å². The number of rotatable bonds is 10. The van der Waals surface area contributed by atoms with Gasteiger partial charge in [0.05, 0.1) is 7.11 Å². The zero-order valence-corrected chi connectivity index (χ0v) is 12.9. The second-order valence-electron chi connectivity index (χ2n) is 4.15. The largest absolute Gasteiger partial charge is 0.522 e. The van der Waals surface area contributed by atoms with Crippen molar-refractivity contribution in [1.82, 2.24) is 0 Å². The molecule has 5 heteroatoms. The van der Waals surface area contributed by atoms with Crippen LogP contribution in [0.1, 0.15) is 45.4 Å². The van der Waals surface area contributed by atoms with E-state index in [2.05, 4.69) is 11.7 Å². The minimum atomic E-state index is -0.780. The lowest BCUT2D eigenvalue weighted by Crippen LogP contribution is -2.06. The highest BCUT2D eigenvalue weighted by atomic mass is 28.2. The number of carbonyl (C=O) groups excluding carboxylic acids is 2. The zero-order valence-electron chi connectivity index (χ0n) is 11.4. The molecule has 0 aromatic heterocycles. The minimum absolute atomic E-state index is 0.432. The van der Waals surface area contributed by atoms with Crippen molar-refractivity contribution < 1.29 is 18.8 Å². The van der Waals surface area contributed by atoms with Gasteiger partial charge in [0.25, 0.3) is 0 Å². The predicted octanol–water partition coefficient (Wildman–Crippen LogP) is 2.12. The Morgan fingerprint density at radius 1 is 1.00 bits per heavy atom. The molecule has 0 aliphatic rings. The molecule has 0 spiro atoms. The second-order valence-corrected chi connectivity index (χ2v) is 5.55. The Hall–Kier alpha value is -1.10. The smallest absolute Gasteiger partial charge is 0.330 e. The van der Waals surface area contributed by atoms with Crippen LogP contribution in [-0.4, -0.2) is 28.8 Å². The lowest BCUT2D eigenvalue weighted by atomic mass is 10.1. The summed E-state index contributed by atoms with van der Waals surface area (Å²) >= 11 is 0. The molecular formula is C13H24O4Si. The molecule has 18 heavy (non-hydrogen) atoms. The molecule has 0 bridgehead atoms. The van der Waals surface area contributed by atoms with Crippen molar-refractivity contribution in [3.05, 3.63) is 12.2 Å². The van der Waals surface area contributed by atoms with Crippen LogP contribution in [0.3, 0.4) is 0 Å². The van der Waals surface area contributed by atoms with Crippen LogP contribution >= 0.6 is 0 Å². The number of hydrogen-bond donors (Lipinski definition) is 0. The van der Waals surface area contributed by atoms with Gasteiger partial charge in [-0.1, -0.05) is 45.4 Å². The molecule has 0 atom stereocenters. The van der Waals surface area contributed by atoms with Crippen molar-refractivity contribution in [2.24, 2.45) is 0 Å². The molecule has 0 aliphatic carbocycles. The summed E-state index contributed by atoms with van der Waals surface area (Å²) in [5.74, 6) is -0.970. The van der Waals surface area contributed by atoms with E-state index in [9.17, 15) is 9.59 Å². The number of unbranched alkanes of at least 4 members (excludes halogenated alkanes) is 5. The molecule has 0 aliphatic heterocycles. The molecule has 0 N–H and O–H groups in total. The molecule has 0 saturated heterocycles. The monoisotopic (exact) mass is 272 g/mol. The maximum atomic E-state index is 11.2. The van der Waals surface area contributed by atoms with E-state index in [4.69, 9.17) is 4.43 Å². The highest BCUT2D eigenvalue weighted by Gasteiger charge is 1.99. The minimum Gasteiger partial charge on any atom is -0.522 e. The Kier molecular flexibility index (Phi) is 11.6. The van der Waals surface area contributed by atoms with Crippen molar-refractivity contribution >= 4 is 21.7 Å². The van der Waals surface area contributed by atoms with Crippen molar-refractivity contribution in [3.63, 3.8) is 0 Å². The SMILES string of the molecule is CCCCCCCC[SiH2]OC(=O)/C=C\C(=O)OC. The Labute approximate surface area is 112 Å². The van der Waals surface area contributed by atoms with Gasteiger partial charge >= 0.3 is 11.9 Å². The number of carbonyl (C=O) groups is 2. The number of esters is 1. The van der Waals surface area contributed by atoms with Gasteiger partial charge in [0.15, 0.2) is 0 Å². The quantitative estimate of drug-likeness (QED) is 0.264. The summed E-state index contributed by atoms with van der Waals surface area (Å²) in [6.07, 6.45) is 9.73. The van der Waals surface area contributed by atoms with E-state index in [1.54, 1.807) is 0 Å². The lowest BCUT2D eigenvalue weighted by molar-refractivity contribution is -0.135. The third kappa shape index (κ3) is 11.4. The van der Waals surface area contributed by atoms with E-state index in [1.807, 2.05) is 0 Å². The fourth-order valence-electron chi connectivity index (χ4n) is 1.48. The Morgan fingerprint density at radius 3 is 2.28 bits per heavy atom. The summed E-state index contributed by atoms with van der Waals surface area (Å²) in [7, 11) is 0.489. The van der Waals surface area contributed by atoms with Crippen LogP contribution < -0.4 is 0 Å². The molecule has 0 radical (unpaired) electrons. The third-order valence-electron chi connectivity index (χ3n) is 2.55. The normalized spacial score (nSPS) is 11.2. The van der Waals surface area contributed by atoms with Gasteiger partial charge in [-0.3, -0.25) is 0 Å². The van der Waals surface area contributed by atoms with Crippen LogP contribution in [-0.2, 0) is 18.8 Å². The van der Waals surface area contributed by atoms with Gasteiger partial charge in [-0.2, -0.15) is 0 Å². The summed E-state index contributed by atoms with van der Waals surface area (Å²) in [5, 5.41) is 0. The summed E-state index contributed by atoms with van der Waals surface area (Å²) in [6, 6.07) is 1.02. The molecule has 0 aromatic rings. The fourth-order valence-corrected chi connectivity index (χ4v) is 2.48. The first kappa shape index (κ1) is 16.9. The van der Waals surface area contributed by atoms with E-state index in [0.717, 1.165) is 24.6 Å². The van der Waals surface area contributed by atoms with Crippen LogP contribution in [0.4, 0.5) is 0 Å². The molecular weight excluding hydrogens is 248 g/mol. The topological polar surface area (TPSA) is 52.6 Å². The number of hydrogen-bond acceptors (Lipinski definition) is 4. The molecule has 0 amide bonds. The molecule has 4 nitrogen and oxygen atoms in total. The second kappa shape index (κ2) is 12.4. The van der Waals surface area contributed by atoms with Crippen LogP contribution in [0, 0.1) is 0 Å². The maximum Gasteiger partial charge on any atom is 0.330 e. The van der Waals surface area contributed by atoms with E-state index >= 15 is 0 Å². The van der Waals surface area contributed by atoms with Crippen LogP contribution in [0.15, 0.2) is 12.2 Å². The maximum absolute atomic E-state index is 11.2. The van der Waals surface area contributed by atoms with Crippen molar-refractivity contribution in [3.8, 4) is 0 Å². The van der Waals surface area contributed by atoms with E-state index in [-0.39, 0.29) is 0 Å². The van der Waals surface area contributed by atoms with Crippen molar-refractivity contribution in [1.29, 1.82) is 0 Å². The van der Waals surface area contributed by atoms with Gasteiger partial charge < -0.3 is 9.16 Å². The van der Waals surface area contributed by atoms with Gasteiger partial charge in [-0.15, -0.1) is 0 Å². The van der Waals surface area contributed by atoms with Gasteiger partial charge in [0.2, 0.25) is 9.76 Å². The average molecular weight is 272 g/mol. The highest BCUT2D eigenvalue weighted by molar-refractivity contribution is 6.31. The van der Waals surface area contributed by atoms with E-state index in [1.165, 1.54) is 39.2 Å². The third-order valence-corrected chi connectivity index (χ3v) is 3.83. The fraction of sp³-hybridized carbons (Fsp3) is 0.692. The first-order valence-corrected chi connectivity index (χ1v) is 8.21. The van der Waals surface area contributed by atoms with Crippen molar-refractivity contribution in [2.75, 3.05) is 7.11 Å². The molecule has 0 unspecified atom stereocenters. The van der Waals surface area contributed by atoms with Gasteiger partial charge in [-0.05, 0) is 6.04 Å². The molecule has 0 heterocycles. The average Bonchev–Trinajstić information content (AvgIpc) is 2.39. The number of methoxy groups -OCH3 is 1. The van der Waals surface area contributed by atoms with Gasteiger partial charge in [-0.25, -0.2) is 9.59 Å². The Bertz CT molecular complexity index is 264. The lowest BCUT2D eigenvalue weighted by Gasteiger charge is -2.02. The summed E-state index contributed by atoms with van der Waals surface area (Å²) in [6.45, 7) is 2.20. The predicted molar refractivity (Wildman–Crippen MR) is 74.0 cm³/mol. The summed E-state index contributed by atoms with van der Waals surface area (Å²) in [4.78, 5) is 21.9. The summed E-state index contributed by atoms with van der Waals surface area (Å²) < 4.78 is 9.44. The Balaban J connectivity index is 3.35. The Morgan fingerprint density at radius 2 is 1.61 bits per heavy atom. The standard InChI is InChI=1S/C13H24O4Si/c1-3-4-5-6-7-8-11-18-17-13(15)10-9-12(14)16-2/h9-10H,3-8,11,18H2,1-2H3/b10-9-. The van der Waals surface area contributed by atoms with E-state index in [0.29, 0.717) is 0 Å². The van der Waals surface area contributed by atoms with Crippen LogP contribution in [0.25, 0.3) is 0 Å². The zero-order chi connectivity index (χ0) is 13.6. The van der Waals surface area contributed by atoms with E-state index < -0.39 is 21.7 Å². The van der Waals surface area contributed by atoms with Gasteiger partial charge in [0, 0.05) is 12.2 Å².